The number of pyridine rings is 1. The first-order chi connectivity index (χ1) is 8.68. The number of rotatable bonds is 1. The third kappa shape index (κ3) is 1.86. The molecular weight excluding hydrogens is 236 g/mol. The van der Waals surface area contributed by atoms with Crippen LogP contribution in [0, 0.1) is 0 Å². The molecular formula is C14H13F2NO. The zero-order valence-electron chi connectivity index (χ0n) is 9.77. The van der Waals surface area contributed by atoms with Crippen LogP contribution in [0.2, 0.25) is 0 Å². The van der Waals surface area contributed by atoms with Crippen molar-refractivity contribution < 1.29 is 13.5 Å². The van der Waals surface area contributed by atoms with Crippen molar-refractivity contribution in [3.05, 3.63) is 42.1 Å². The molecule has 0 bridgehead atoms. The molecule has 2 nitrogen and oxygen atoms in total. The van der Waals surface area contributed by atoms with Crippen LogP contribution in [0.25, 0.3) is 10.9 Å². The molecule has 3 rings (SSSR count). The molecule has 18 heavy (non-hydrogen) atoms. The lowest BCUT2D eigenvalue weighted by Gasteiger charge is -2.32. The number of nitrogens with zero attached hydrogens (tertiary/aromatic N) is 1. The summed E-state index contributed by atoms with van der Waals surface area (Å²) in [6, 6.07) is 9.11. The number of para-hydroxylation sites is 1. The highest BCUT2D eigenvalue weighted by atomic mass is 19.3. The predicted molar refractivity (Wildman–Crippen MR) is 64.9 cm³/mol. The maximum Gasteiger partial charge on any atom is 0.277 e. The van der Waals surface area contributed by atoms with Crippen LogP contribution in [0.15, 0.2) is 36.5 Å². The van der Waals surface area contributed by atoms with Gasteiger partial charge >= 0.3 is 0 Å². The SMILES string of the molecule is FC1(F)COCCC1c1ccnc2ccccc12. The Hall–Kier alpha value is -1.55. The molecule has 2 heterocycles. The molecule has 0 N–H and O–H groups in total. The van der Waals surface area contributed by atoms with Gasteiger partial charge in [-0.25, -0.2) is 8.78 Å². The molecule has 94 valence electrons. The third-order valence-electron chi connectivity index (χ3n) is 3.41. The Bertz CT molecular complexity index is 565. The van der Waals surface area contributed by atoms with Crippen LogP contribution in [0.5, 0.6) is 0 Å². The van der Waals surface area contributed by atoms with Crippen molar-refractivity contribution in [1.29, 1.82) is 0 Å². The van der Waals surface area contributed by atoms with Crippen LogP contribution in [-0.2, 0) is 4.74 Å². The molecule has 1 aliphatic heterocycles. The van der Waals surface area contributed by atoms with E-state index in [4.69, 9.17) is 4.74 Å². The van der Waals surface area contributed by atoms with Crippen LogP contribution in [0.3, 0.4) is 0 Å². The molecule has 1 atom stereocenters. The molecule has 2 aromatic rings. The molecule has 0 radical (unpaired) electrons. The monoisotopic (exact) mass is 249 g/mol. The Morgan fingerprint density at radius 3 is 2.89 bits per heavy atom. The fraction of sp³-hybridized carbons (Fsp3) is 0.357. The van der Waals surface area contributed by atoms with Gasteiger partial charge in [-0.1, -0.05) is 18.2 Å². The highest BCUT2D eigenvalue weighted by Crippen LogP contribution is 2.41. The van der Waals surface area contributed by atoms with Crippen LogP contribution in [0.1, 0.15) is 17.9 Å². The fourth-order valence-electron chi connectivity index (χ4n) is 2.53. The van der Waals surface area contributed by atoms with Gasteiger partial charge in [0.15, 0.2) is 0 Å². The molecule has 1 saturated heterocycles. The van der Waals surface area contributed by atoms with Crippen molar-refractivity contribution in [3.63, 3.8) is 0 Å². The Balaban J connectivity index is 2.13. The first-order valence-electron chi connectivity index (χ1n) is 5.98. The molecule has 0 spiro atoms. The average molecular weight is 249 g/mol. The van der Waals surface area contributed by atoms with E-state index in [0.717, 1.165) is 10.9 Å². The number of hydrogen-bond donors (Lipinski definition) is 0. The topological polar surface area (TPSA) is 22.1 Å². The molecule has 1 fully saturated rings. The van der Waals surface area contributed by atoms with Crippen molar-refractivity contribution in [2.45, 2.75) is 18.3 Å². The highest BCUT2D eigenvalue weighted by molar-refractivity contribution is 5.82. The van der Waals surface area contributed by atoms with E-state index in [1.54, 1.807) is 12.3 Å². The fourth-order valence-corrected chi connectivity index (χ4v) is 2.53. The number of halogens is 2. The van der Waals surface area contributed by atoms with Gasteiger partial charge in [0.05, 0.1) is 11.4 Å². The van der Waals surface area contributed by atoms with Crippen LogP contribution < -0.4 is 0 Å². The number of benzene rings is 1. The highest BCUT2D eigenvalue weighted by Gasteiger charge is 2.43. The van der Waals surface area contributed by atoms with E-state index >= 15 is 0 Å². The maximum absolute atomic E-state index is 13.9. The minimum absolute atomic E-state index is 0.348. The Morgan fingerprint density at radius 2 is 2.06 bits per heavy atom. The van der Waals surface area contributed by atoms with E-state index < -0.39 is 18.4 Å². The van der Waals surface area contributed by atoms with E-state index in [0.29, 0.717) is 18.6 Å². The molecule has 4 heteroatoms. The Labute approximate surface area is 104 Å². The molecule has 1 aromatic carbocycles. The summed E-state index contributed by atoms with van der Waals surface area (Å²) >= 11 is 0. The van der Waals surface area contributed by atoms with Gasteiger partial charge < -0.3 is 4.74 Å². The van der Waals surface area contributed by atoms with Crippen molar-refractivity contribution in [1.82, 2.24) is 4.98 Å². The molecule has 1 aliphatic rings. The van der Waals surface area contributed by atoms with Gasteiger partial charge in [-0.15, -0.1) is 0 Å². The normalized spacial score (nSPS) is 23.1. The van der Waals surface area contributed by atoms with Gasteiger partial charge in [0.2, 0.25) is 0 Å². The minimum Gasteiger partial charge on any atom is -0.375 e. The summed E-state index contributed by atoms with van der Waals surface area (Å²) in [6.45, 7) is -0.106. The number of aromatic nitrogens is 1. The first-order valence-corrected chi connectivity index (χ1v) is 5.98. The number of fused-ring (bicyclic) bond motifs is 1. The lowest BCUT2D eigenvalue weighted by atomic mass is 9.87. The molecule has 0 amide bonds. The lowest BCUT2D eigenvalue weighted by molar-refractivity contribution is -0.129. The summed E-state index contributed by atoms with van der Waals surface area (Å²) < 4.78 is 32.8. The van der Waals surface area contributed by atoms with Gasteiger partial charge in [-0.2, -0.15) is 0 Å². The lowest BCUT2D eigenvalue weighted by Crippen LogP contribution is -2.37. The average Bonchev–Trinajstić information content (AvgIpc) is 2.38. The predicted octanol–water partition coefficient (Wildman–Crippen LogP) is 3.37. The zero-order valence-corrected chi connectivity index (χ0v) is 9.77. The zero-order chi connectivity index (χ0) is 12.6. The Kier molecular flexibility index (Phi) is 2.74. The van der Waals surface area contributed by atoms with Crippen LogP contribution in [0.4, 0.5) is 8.78 Å². The molecule has 0 aliphatic carbocycles. The molecule has 0 saturated carbocycles. The van der Waals surface area contributed by atoms with Gasteiger partial charge in [-0.3, -0.25) is 4.98 Å². The van der Waals surface area contributed by atoms with Gasteiger partial charge in [0.25, 0.3) is 5.92 Å². The Morgan fingerprint density at radius 1 is 1.22 bits per heavy atom. The second-order valence-corrected chi connectivity index (χ2v) is 4.57. The van der Waals surface area contributed by atoms with Crippen molar-refractivity contribution in [2.24, 2.45) is 0 Å². The minimum atomic E-state index is -2.80. The third-order valence-corrected chi connectivity index (χ3v) is 3.41. The van der Waals surface area contributed by atoms with Crippen molar-refractivity contribution >= 4 is 10.9 Å². The maximum atomic E-state index is 13.9. The first kappa shape index (κ1) is 11.5. The quantitative estimate of drug-likeness (QED) is 0.773. The summed E-state index contributed by atoms with van der Waals surface area (Å²) in [7, 11) is 0. The van der Waals surface area contributed by atoms with Gasteiger partial charge in [0.1, 0.15) is 6.61 Å². The van der Waals surface area contributed by atoms with Crippen molar-refractivity contribution in [2.75, 3.05) is 13.2 Å². The van der Waals surface area contributed by atoms with Gasteiger partial charge in [-0.05, 0) is 24.1 Å². The van der Waals surface area contributed by atoms with E-state index in [9.17, 15) is 8.78 Å². The van der Waals surface area contributed by atoms with E-state index in [1.165, 1.54) is 0 Å². The van der Waals surface area contributed by atoms with E-state index in [1.807, 2.05) is 24.3 Å². The smallest absolute Gasteiger partial charge is 0.277 e. The molecule has 1 unspecified atom stereocenters. The largest absolute Gasteiger partial charge is 0.375 e. The number of alkyl halides is 2. The second-order valence-electron chi connectivity index (χ2n) is 4.57. The van der Waals surface area contributed by atoms with E-state index in [-0.39, 0.29) is 0 Å². The number of ether oxygens (including phenoxy) is 1. The van der Waals surface area contributed by atoms with Crippen LogP contribution in [-0.4, -0.2) is 24.1 Å². The summed E-state index contributed by atoms with van der Waals surface area (Å²) in [5.41, 5.74) is 1.44. The summed E-state index contributed by atoms with van der Waals surface area (Å²) in [5, 5.41) is 0.812. The second kappa shape index (κ2) is 4.28. The van der Waals surface area contributed by atoms with E-state index in [2.05, 4.69) is 4.98 Å². The van der Waals surface area contributed by atoms with Crippen molar-refractivity contribution in [3.8, 4) is 0 Å². The standard InChI is InChI=1S/C14H13F2NO/c15-14(16)9-18-8-6-12(14)10-5-7-17-13-4-2-1-3-11(10)13/h1-5,7,12H,6,8-9H2. The van der Waals surface area contributed by atoms with Crippen LogP contribution >= 0.6 is 0 Å². The van der Waals surface area contributed by atoms with Gasteiger partial charge in [0, 0.05) is 18.2 Å². The summed E-state index contributed by atoms with van der Waals surface area (Å²) in [4.78, 5) is 4.21. The molecule has 1 aromatic heterocycles. The summed E-state index contributed by atoms with van der Waals surface area (Å²) in [6.07, 6.45) is 1.95. The summed E-state index contributed by atoms with van der Waals surface area (Å²) in [5.74, 6) is -3.58. The number of hydrogen-bond acceptors (Lipinski definition) is 2.